The van der Waals surface area contributed by atoms with Crippen molar-refractivity contribution in [3.8, 4) is 0 Å². The molecule has 0 aromatic carbocycles. The Morgan fingerprint density at radius 1 is 1.44 bits per heavy atom. The maximum Gasteiger partial charge on any atom is 0.239 e. The molecular weight excluding hydrogens is 202 g/mol. The van der Waals surface area contributed by atoms with Gasteiger partial charge in [0.2, 0.25) is 5.95 Å². The number of nitrogens with two attached hydrogens (primary N) is 1. The number of aromatic nitrogens is 2. The number of nitrogens with one attached hydrogen (secondary N) is 1. The average Bonchev–Trinajstić information content (AvgIpc) is 2.15. The minimum Gasteiger partial charge on any atom is -0.359 e. The molecule has 0 atom stereocenters. The van der Waals surface area contributed by atoms with Crippen LogP contribution in [-0.4, -0.2) is 23.6 Å². The van der Waals surface area contributed by atoms with Crippen molar-refractivity contribution in [3.05, 3.63) is 11.8 Å². The van der Waals surface area contributed by atoms with E-state index in [2.05, 4.69) is 41.1 Å². The first kappa shape index (κ1) is 12.7. The average molecular weight is 223 g/mol. The molecule has 1 aromatic rings. The molecule has 0 aliphatic heterocycles. The van der Waals surface area contributed by atoms with Crippen LogP contribution >= 0.6 is 0 Å². The molecule has 0 unspecified atom stereocenters. The number of hydrogen-bond acceptors (Lipinski definition) is 5. The molecule has 5 heteroatoms. The van der Waals surface area contributed by atoms with Crippen LogP contribution in [0, 0.1) is 12.3 Å². The monoisotopic (exact) mass is 223 g/mol. The first-order valence-electron chi connectivity index (χ1n) is 5.35. The van der Waals surface area contributed by atoms with E-state index in [4.69, 9.17) is 5.84 Å². The van der Waals surface area contributed by atoms with Crippen LogP contribution in [0.3, 0.4) is 0 Å². The van der Waals surface area contributed by atoms with E-state index < -0.39 is 0 Å². The summed E-state index contributed by atoms with van der Waals surface area (Å²) in [5, 5.41) is 0. The molecule has 0 amide bonds. The summed E-state index contributed by atoms with van der Waals surface area (Å²) >= 11 is 0. The highest BCUT2D eigenvalue weighted by molar-refractivity contribution is 5.48. The van der Waals surface area contributed by atoms with Crippen LogP contribution < -0.4 is 16.2 Å². The first-order chi connectivity index (χ1) is 7.33. The Bertz CT molecular complexity index is 356. The lowest BCUT2D eigenvalue weighted by Gasteiger charge is -2.28. The van der Waals surface area contributed by atoms with E-state index in [-0.39, 0.29) is 5.41 Å². The third-order valence-electron chi connectivity index (χ3n) is 2.15. The highest BCUT2D eigenvalue weighted by Gasteiger charge is 2.16. The van der Waals surface area contributed by atoms with E-state index in [0.29, 0.717) is 5.95 Å². The van der Waals surface area contributed by atoms with Gasteiger partial charge in [-0.15, -0.1) is 0 Å². The second kappa shape index (κ2) is 4.65. The molecule has 1 aromatic heterocycles. The second-order valence-electron chi connectivity index (χ2n) is 5.26. The van der Waals surface area contributed by atoms with Crippen molar-refractivity contribution in [2.45, 2.75) is 27.7 Å². The van der Waals surface area contributed by atoms with Gasteiger partial charge in [-0.3, -0.25) is 5.43 Å². The molecule has 0 aliphatic rings. The largest absolute Gasteiger partial charge is 0.359 e. The summed E-state index contributed by atoms with van der Waals surface area (Å²) in [6.07, 6.45) is 1.77. The molecule has 1 rings (SSSR count). The fourth-order valence-electron chi connectivity index (χ4n) is 1.68. The first-order valence-corrected chi connectivity index (χ1v) is 5.35. The van der Waals surface area contributed by atoms with Gasteiger partial charge in [-0.1, -0.05) is 20.8 Å². The van der Waals surface area contributed by atoms with Crippen LogP contribution in [0.2, 0.25) is 0 Å². The molecule has 0 fully saturated rings. The van der Waals surface area contributed by atoms with E-state index in [9.17, 15) is 0 Å². The summed E-state index contributed by atoms with van der Waals surface area (Å²) < 4.78 is 0. The SMILES string of the molecule is Cc1cnc(NN)nc1N(C)CC(C)(C)C. The maximum atomic E-state index is 5.30. The minimum absolute atomic E-state index is 0.225. The van der Waals surface area contributed by atoms with Gasteiger partial charge < -0.3 is 4.90 Å². The summed E-state index contributed by atoms with van der Waals surface area (Å²) in [4.78, 5) is 10.5. The summed E-state index contributed by atoms with van der Waals surface area (Å²) in [6.45, 7) is 9.51. The Morgan fingerprint density at radius 3 is 2.56 bits per heavy atom. The van der Waals surface area contributed by atoms with Crippen molar-refractivity contribution in [3.63, 3.8) is 0 Å². The van der Waals surface area contributed by atoms with Crippen molar-refractivity contribution in [1.29, 1.82) is 0 Å². The Hall–Kier alpha value is -1.36. The van der Waals surface area contributed by atoms with Crippen molar-refractivity contribution >= 4 is 11.8 Å². The molecule has 0 aliphatic carbocycles. The van der Waals surface area contributed by atoms with E-state index in [1.807, 2.05) is 14.0 Å². The lowest BCUT2D eigenvalue weighted by atomic mass is 9.96. The predicted octanol–water partition coefficient (Wildman–Crippen LogP) is 1.55. The van der Waals surface area contributed by atoms with Crippen LogP contribution in [0.1, 0.15) is 26.3 Å². The fourth-order valence-corrected chi connectivity index (χ4v) is 1.68. The summed E-state index contributed by atoms with van der Waals surface area (Å²) in [7, 11) is 2.03. The van der Waals surface area contributed by atoms with Gasteiger partial charge >= 0.3 is 0 Å². The fraction of sp³-hybridized carbons (Fsp3) is 0.636. The summed E-state index contributed by atoms with van der Waals surface area (Å²) in [6, 6.07) is 0. The molecule has 0 saturated heterocycles. The zero-order valence-corrected chi connectivity index (χ0v) is 10.7. The van der Waals surface area contributed by atoms with Gasteiger partial charge in [0.15, 0.2) is 0 Å². The van der Waals surface area contributed by atoms with Gasteiger partial charge in [0, 0.05) is 25.4 Å². The summed E-state index contributed by atoms with van der Waals surface area (Å²) in [5.41, 5.74) is 3.74. The van der Waals surface area contributed by atoms with Crippen LogP contribution in [0.4, 0.5) is 11.8 Å². The highest BCUT2D eigenvalue weighted by Crippen LogP contribution is 2.21. The van der Waals surface area contributed by atoms with E-state index in [1.54, 1.807) is 6.20 Å². The Kier molecular flexibility index (Phi) is 3.70. The smallest absolute Gasteiger partial charge is 0.239 e. The van der Waals surface area contributed by atoms with E-state index in [1.165, 1.54) is 0 Å². The molecule has 0 bridgehead atoms. The number of nitrogens with zero attached hydrogens (tertiary/aromatic N) is 3. The van der Waals surface area contributed by atoms with Gasteiger partial charge in [-0.2, -0.15) is 4.98 Å². The van der Waals surface area contributed by atoms with Gasteiger partial charge in [-0.05, 0) is 12.3 Å². The second-order valence-corrected chi connectivity index (χ2v) is 5.26. The van der Waals surface area contributed by atoms with Crippen LogP contribution in [-0.2, 0) is 0 Å². The zero-order chi connectivity index (χ0) is 12.3. The quantitative estimate of drug-likeness (QED) is 0.601. The summed E-state index contributed by atoms with van der Waals surface area (Å²) in [5.74, 6) is 6.66. The van der Waals surface area contributed by atoms with Crippen LogP contribution in [0.5, 0.6) is 0 Å². The van der Waals surface area contributed by atoms with Gasteiger partial charge in [0.25, 0.3) is 0 Å². The third kappa shape index (κ3) is 3.34. The number of hydrogen-bond donors (Lipinski definition) is 2. The molecule has 90 valence electrons. The number of aryl methyl sites for hydroxylation is 1. The lowest BCUT2D eigenvalue weighted by molar-refractivity contribution is 0.417. The number of rotatable bonds is 3. The van der Waals surface area contributed by atoms with Gasteiger partial charge in [0.1, 0.15) is 5.82 Å². The minimum atomic E-state index is 0.225. The molecule has 3 N–H and O–H groups in total. The molecule has 1 heterocycles. The molecule has 0 saturated carbocycles. The van der Waals surface area contributed by atoms with Gasteiger partial charge in [-0.25, -0.2) is 10.8 Å². The van der Waals surface area contributed by atoms with Crippen molar-refractivity contribution in [2.75, 3.05) is 23.9 Å². The third-order valence-corrected chi connectivity index (χ3v) is 2.15. The maximum absolute atomic E-state index is 5.30. The lowest BCUT2D eigenvalue weighted by Crippen LogP contribution is -2.30. The van der Waals surface area contributed by atoms with Crippen LogP contribution in [0.15, 0.2) is 6.20 Å². The van der Waals surface area contributed by atoms with Crippen molar-refractivity contribution < 1.29 is 0 Å². The number of nitrogen functional groups attached to an aromatic ring is 1. The molecular formula is C11H21N5. The Labute approximate surface area is 97.0 Å². The molecule has 0 spiro atoms. The Balaban J connectivity index is 2.93. The standard InChI is InChI=1S/C11H21N5/c1-8-6-13-10(15-12)14-9(8)16(5)7-11(2,3)4/h6H,7,12H2,1-5H3,(H,13,14,15). The molecule has 16 heavy (non-hydrogen) atoms. The topological polar surface area (TPSA) is 67.1 Å². The normalized spacial score (nSPS) is 11.4. The number of hydrazine groups is 1. The highest BCUT2D eigenvalue weighted by atomic mass is 15.3. The van der Waals surface area contributed by atoms with E-state index in [0.717, 1.165) is 17.9 Å². The Morgan fingerprint density at radius 2 is 2.06 bits per heavy atom. The molecule has 0 radical (unpaired) electrons. The predicted molar refractivity (Wildman–Crippen MR) is 67.3 cm³/mol. The van der Waals surface area contributed by atoms with Crippen LogP contribution in [0.25, 0.3) is 0 Å². The van der Waals surface area contributed by atoms with Gasteiger partial charge in [0.05, 0.1) is 0 Å². The van der Waals surface area contributed by atoms with Crippen molar-refractivity contribution in [1.82, 2.24) is 9.97 Å². The van der Waals surface area contributed by atoms with E-state index >= 15 is 0 Å². The van der Waals surface area contributed by atoms with Crippen molar-refractivity contribution in [2.24, 2.45) is 11.3 Å². The zero-order valence-electron chi connectivity index (χ0n) is 10.7. The number of anilines is 2. The molecule has 5 nitrogen and oxygen atoms in total.